The topological polar surface area (TPSA) is 32.3 Å². The highest BCUT2D eigenvalue weighted by molar-refractivity contribution is 4.95. The van der Waals surface area contributed by atoms with Crippen LogP contribution in [0.15, 0.2) is 0 Å². The highest BCUT2D eigenvalue weighted by atomic mass is 16.3. The monoisotopic (exact) mass is 139 g/mol. The molecule has 1 rings (SSSR count). The van der Waals surface area contributed by atoms with Gasteiger partial charge < -0.3 is 10.4 Å². The van der Waals surface area contributed by atoms with Crippen LogP contribution >= 0.6 is 0 Å². The first-order chi connectivity index (χ1) is 4.83. The van der Waals surface area contributed by atoms with E-state index in [4.69, 9.17) is 11.5 Å². The van der Waals surface area contributed by atoms with E-state index >= 15 is 0 Å². The minimum Gasteiger partial charge on any atom is -0.380 e. The van der Waals surface area contributed by atoms with E-state index in [-0.39, 0.29) is 0 Å². The number of hydrogen-bond acceptors (Lipinski definition) is 2. The van der Waals surface area contributed by atoms with Crippen LogP contribution < -0.4 is 5.32 Å². The molecule has 56 valence electrons. The Morgan fingerprint density at radius 1 is 1.80 bits per heavy atom. The van der Waals surface area contributed by atoms with Gasteiger partial charge in [0, 0.05) is 6.04 Å². The molecule has 1 fully saturated rings. The summed E-state index contributed by atoms with van der Waals surface area (Å²) in [5.74, 6) is 2.31. The molecule has 0 aliphatic carbocycles. The lowest BCUT2D eigenvalue weighted by atomic mass is 10.1. The highest BCUT2D eigenvalue weighted by Crippen LogP contribution is 2.10. The first-order valence-electron chi connectivity index (χ1n) is 3.70. The average Bonchev–Trinajstić information content (AvgIpc) is 2.40. The fourth-order valence-corrected chi connectivity index (χ4v) is 1.30. The lowest BCUT2D eigenvalue weighted by molar-refractivity contribution is 0.207. The van der Waals surface area contributed by atoms with E-state index in [1.807, 2.05) is 0 Å². The van der Waals surface area contributed by atoms with Crippen molar-refractivity contribution in [2.45, 2.75) is 31.4 Å². The van der Waals surface area contributed by atoms with Crippen molar-refractivity contribution in [1.82, 2.24) is 5.32 Å². The zero-order valence-electron chi connectivity index (χ0n) is 6.01. The van der Waals surface area contributed by atoms with Gasteiger partial charge in [-0.15, -0.1) is 6.42 Å². The number of nitrogens with one attached hydrogen (secondary N) is 1. The third-order valence-corrected chi connectivity index (χ3v) is 1.86. The van der Waals surface area contributed by atoms with E-state index in [1.54, 1.807) is 0 Å². The lowest BCUT2D eigenvalue weighted by Crippen LogP contribution is -2.25. The van der Waals surface area contributed by atoms with Gasteiger partial charge in [0.25, 0.3) is 0 Å². The highest BCUT2D eigenvalue weighted by Gasteiger charge is 2.16. The second-order valence-electron chi connectivity index (χ2n) is 2.71. The predicted octanol–water partition coefficient (Wildman–Crippen LogP) is 0.123. The maximum Gasteiger partial charge on any atom is 0.115 e. The third-order valence-electron chi connectivity index (χ3n) is 1.86. The normalized spacial score (nSPS) is 27.8. The quantitative estimate of drug-likeness (QED) is 0.533. The Hall–Kier alpha value is -0.520. The average molecular weight is 139 g/mol. The number of aliphatic hydroxyl groups excluding tert-OH is 1. The summed E-state index contributed by atoms with van der Waals surface area (Å²) in [6.45, 7) is 1.07. The van der Waals surface area contributed by atoms with Crippen molar-refractivity contribution in [2.24, 2.45) is 0 Å². The van der Waals surface area contributed by atoms with E-state index in [0.717, 1.165) is 13.0 Å². The number of rotatable bonds is 2. The summed E-state index contributed by atoms with van der Waals surface area (Å²) in [4.78, 5) is 0. The summed E-state index contributed by atoms with van der Waals surface area (Å²) >= 11 is 0. The second-order valence-corrected chi connectivity index (χ2v) is 2.71. The maximum absolute atomic E-state index is 9.04. The van der Waals surface area contributed by atoms with Crippen LogP contribution in [-0.4, -0.2) is 23.8 Å². The number of terminal acetylenes is 1. The molecule has 2 atom stereocenters. The standard InChI is InChI=1S/C8H13NO/c1-2-8(10)6-7-4-3-5-9-7/h1,7-10H,3-6H2. The fourth-order valence-electron chi connectivity index (χ4n) is 1.30. The molecule has 10 heavy (non-hydrogen) atoms. The van der Waals surface area contributed by atoms with Gasteiger partial charge in [-0.2, -0.15) is 0 Å². The van der Waals surface area contributed by atoms with Gasteiger partial charge in [-0.1, -0.05) is 5.92 Å². The fraction of sp³-hybridized carbons (Fsp3) is 0.750. The molecule has 2 unspecified atom stereocenters. The van der Waals surface area contributed by atoms with Gasteiger partial charge in [0.05, 0.1) is 0 Å². The second kappa shape index (κ2) is 3.60. The molecule has 1 aliphatic heterocycles. The van der Waals surface area contributed by atoms with Crippen LogP contribution in [-0.2, 0) is 0 Å². The molecule has 0 amide bonds. The van der Waals surface area contributed by atoms with Gasteiger partial charge in [-0.3, -0.25) is 0 Å². The van der Waals surface area contributed by atoms with E-state index < -0.39 is 6.10 Å². The van der Waals surface area contributed by atoms with Crippen molar-refractivity contribution in [3.05, 3.63) is 0 Å². The third kappa shape index (κ3) is 2.02. The lowest BCUT2D eigenvalue weighted by Gasteiger charge is -2.10. The Morgan fingerprint density at radius 2 is 2.60 bits per heavy atom. The van der Waals surface area contributed by atoms with Gasteiger partial charge in [-0.05, 0) is 25.8 Å². The number of hydrogen-bond donors (Lipinski definition) is 2. The largest absolute Gasteiger partial charge is 0.380 e. The Morgan fingerprint density at radius 3 is 3.10 bits per heavy atom. The molecule has 0 spiro atoms. The van der Waals surface area contributed by atoms with Crippen molar-refractivity contribution in [3.63, 3.8) is 0 Å². The molecule has 0 aromatic rings. The van der Waals surface area contributed by atoms with Crippen molar-refractivity contribution in [1.29, 1.82) is 0 Å². The minimum absolute atomic E-state index is 0.450. The maximum atomic E-state index is 9.04. The molecule has 1 saturated heterocycles. The van der Waals surface area contributed by atoms with Crippen molar-refractivity contribution < 1.29 is 5.11 Å². The summed E-state index contributed by atoms with van der Waals surface area (Å²) in [6, 6.07) is 0.450. The van der Waals surface area contributed by atoms with Crippen LogP contribution in [0.1, 0.15) is 19.3 Å². The SMILES string of the molecule is C#CC(O)CC1CCCN1. The first kappa shape index (κ1) is 7.59. The van der Waals surface area contributed by atoms with Crippen molar-refractivity contribution in [2.75, 3.05) is 6.54 Å². The first-order valence-corrected chi connectivity index (χ1v) is 3.70. The van der Waals surface area contributed by atoms with E-state index in [0.29, 0.717) is 12.5 Å². The van der Waals surface area contributed by atoms with Crippen molar-refractivity contribution >= 4 is 0 Å². The van der Waals surface area contributed by atoms with E-state index in [9.17, 15) is 0 Å². The molecule has 2 nitrogen and oxygen atoms in total. The summed E-state index contributed by atoms with van der Waals surface area (Å²) in [6.07, 6.45) is 7.53. The van der Waals surface area contributed by atoms with Crippen LogP contribution in [0.3, 0.4) is 0 Å². The molecule has 0 aromatic heterocycles. The summed E-state index contributed by atoms with van der Waals surface area (Å²) in [5.41, 5.74) is 0. The Labute approximate surface area is 61.6 Å². The molecule has 2 N–H and O–H groups in total. The van der Waals surface area contributed by atoms with Gasteiger partial charge in [0.2, 0.25) is 0 Å². The molecular formula is C8H13NO. The zero-order valence-corrected chi connectivity index (χ0v) is 6.01. The van der Waals surface area contributed by atoms with E-state index in [2.05, 4.69) is 11.2 Å². The van der Waals surface area contributed by atoms with Crippen molar-refractivity contribution in [3.8, 4) is 12.3 Å². The van der Waals surface area contributed by atoms with Crippen LogP contribution in [0.4, 0.5) is 0 Å². The number of aliphatic hydroxyl groups is 1. The van der Waals surface area contributed by atoms with Gasteiger partial charge >= 0.3 is 0 Å². The van der Waals surface area contributed by atoms with E-state index in [1.165, 1.54) is 6.42 Å². The summed E-state index contributed by atoms with van der Waals surface area (Å²) in [7, 11) is 0. The molecule has 0 aromatic carbocycles. The summed E-state index contributed by atoms with van der Waals surface area (Å²) in [5, 5.41) is 12.3. The van der Waals surface area contributed by atoms with Gasteiger partial charge in [0.1, 0.15) is 6.10 Å². The molecule has 0 bridgehead atoms. The minimum atomic E-state index is -0.560. The van der Waals surface area contributed by atoms with Crippen LogP contribution in [0.25, 0.3) is 0 Å². The predicted molar refractivity (Wildman–Crippen MR) is 40.5 cm³/mol. The molecule has 2 heteroatoms. The summed E-state index contributed by atoms with van der Waals surface area (Å²) < 4.78 is 0. The smallest absolute Gasteiger partial charge is 0.115 e. The van der Waals surface area contributed by atoms with Crippen LogP contribution in [0, 0.1) is 12.3 Å². The Balaban J connectivity index is 2.19. The molecular weight excluding hydrogens is 126 g/mol. The Kier molecular flexibility index (Phi) is 2.73. The Bertz CT molecular complexity index is 133. The van der Waals surface area contributed by atoms with Crippen LogP contribution in [0.5, 0.6) is 0 Å². The van der Waals surface area contributed by atoms with Crippen LogP contribution in [0.2, 0.25) is 0 Å². The molecule has 1 aliphatic rings. The van der Waals surface area contributed by atoms with Gasteiger partial charge in [0.15, 0.2) is 0 Å². The molecule has 1 heterocycles. The molecule has 0 radical (unpaired) electrons. The molecule has 0 saturated carbocycles. The van der Waals surface area contributed by atoms with Gasteiger partial charge in [-0.25, -0.2) is 0 Å². The zero-order chi connectivity index (χ0) is 7.40.